The van der Waals surface area contributed by atoms with Crippen LogP contribution in [0.4, 0.5) is 0 Å². The minimum absolute atomic E-state index is 0.108. The van der Waals surface area contributed by atoms with Gasteiger partial charge in [-0.1, -0.05) is 0 Å². The number of nitrogens with zero attached hydrogens (tertiary/aromatic N) is 2. The molecular formula is C17H12N2O5. The maximum Gasteiger partial charge on any atom is 0.261 e. The van der Waals surface area contributed by atoms with Crippen LogP contribution in [0.5, 0.6) is 0 Å². The monoisotopic (exact) mass is 324 g/mol. The molecule has 0 spiro atoms. The molecule has 0 unspecified atom stereocenters. The van der Waals surface area contributed by atoms with Gasteiger partial charge in [0.1, 0.15) is 0 Å². The van der Waals surface area contributed by atoms with Gasteiger partial charge in [0.25, 0.3) is 23.6 Å². The van der Waals surface area contributed by atoms with Crippen molar-refractivity contribution in [3.05, 3.63) is 46.5 Å². The second-order valence-electron chi connectivity index (χ2n) is 5.73. The van der Waals surface area contributed by atoms with E-state index in [4.69, 9.17) is 5.11 Å². The summed E-state index contributed by atoms with van der Waals surface area (Å²) in [5.74, 6) is -2.00. The minimum atomic E-state index is -0.538. The number of rotatable bonds is 2. The number of hydrogen-bond donors (Lipinski definition) is 1. The summed E-state index contributed by atoms with van der Waals surface area (Å²) in [4.78, 5) is 51.9. The SMILES string of the molecule is CN1C(=O)c2ccc3c4c(ccc(c24)C1=O)C(=O)N(CCO)C3=O. The quantitative estimate of drug-likeness (QED) is 0.819. The van der Waals surface area contributed by atoms with Gasteiger partial charge in [-0.2, -0.15) is 0 Å². The summed E-state index contributed by atoms with van der Waals surface area (Å²) < 4.78 is 0. The summed E-state index contributed by atoms with van der Waals surface area (Å²) in [5.41, 5.74) is 1.10. The smallest absolute Gasteiger partial charge is 0.261 e. The molecule has 0 saturated carbocycles. The normalized spacial score (nSPS) is 16.4. The van der Waals surface area contributed by atoms with Crippen molar-refractivity contribution in [2.45, 2.75) is 0 Å². The van der Waals surface area contributed by atoms with E-state index in [1.165, 1.54) is 31.3 Å². The molecule has 2 aromatic carbocycles. The molecule has 1 N–H and O–H groups in total. The molecule has 4 amide bonds. The molecule has 0 radical (unpaired) electrons. The highest BCUT2D eigenvalue weighted by Crippen LogP contribution is 2.37. The Labute approximate surface area is 136 Å². The van der Waals surface area contributed by atoms with Crippen molar-refractivity contribution in [1.82, 2.24) is 9.80 Å². The Hall–Kier alpha value is -3.06. The van der Waals surface area contributed by atoms with Crippen molar-refractivity contribution in [3.8, 4) is 0 Å². The topological polar surface area (TPSA) is 95.0 Å². The molecule has 2 heterocycles. The van der Waals surface area contributed by atoms with E-state index in [2.05, 4.69) is 0 Å². The molecule has 7 nitrogen and oxygen atoms in total. The van der Waals surface area contributed by atoms with E-state index in [1.54, 1.807) is 0 Å². The number of aliphatic hydroxyl groups is 1. The van der Waals surface area contributed by atoms with Crippen LogP contribution in [0.3, 0.4) is 0 Å². The largest absolute Gasteiger partial charge is 0.395 e. The molecule has 0 aromatic heterocycles. The van der Waals surface area contributed by atoms with E-state index in [0.717, 1.165) is 9.80 Å². The molecule has 0 aliphatic carbocycles. The lowest BCUT2D eigenvalue weighted by molar-refractivity contribution is 0.0575. The van der Waals surface area contributed by atoms with E-state index >= 15 is 0 Å². The second-order valence-corrected chi connectivity index (χ2v) is 5.73. The van der Waals surface area contributed by atoms with Crippen LogP contribution in [0.2, 0.25) is 0 Å². The third-order valence-electron chi connectivity index (χ3n) is 4.51. The summed E-state index contributed by atoms with van der Waals surface area (Å²) in [7, 11) is 1.40. The van der Waals surface area contributed by atoms with Gasteiger partial charge in [0.15, 0.2) is 0 Å². The van der Waals surface area contributed by atoms with Gasteiger partial charge in [-0.15, -0.1) is 0 Å². The maximum absolute atomic E-state index is 12.6. The molecular weight excluding hydrogens is 312 g/mol. The summed E-state index contributed by atoms with van der Waals surface area (Å²) in [6, 6.07) is 5.99. The van der Waals surface area contributed by atoms with Crippen molar-refractivity contribution in [1.29, 1.82) is 0 Å². The highest BCUT2D eigenvalue weighted by molar-refractivity contribution is 6.33. The van der Waals surface area contributed by atoms with Gasteiger partial charge < -0.3 is 5.11 Å². The first-order chi connectivity index (χ1) is 11.5. The molecule has 0 bridgehead atoms. The van der Waals surface area contributed by atoms with Crippen LogP contribution in [0, 0.1) is 0 Å². The van der Waals surface area contributed by atoms with Gasteiger partial charge in [-0.25, -0.2) is 0 Å². The standard InChI is InChI=1S/C17H12N2O5/c1-18-14(21)8-2-4-10-13-11(5-3-9(12(8)13)15(18)22)17(24)19(6-7-20)16(10)23/h2-5,20H,6-7H2,1H3. The Morgan fingerprint density at radius 3 is 1.50 bits per heavy atom. The highest BCUT2D eigenvalue weighted by atomic mass is 16.3. The van der Waals surface area contributed by atoms with Crippen LogP contribution in [-0.2, 0) is 0 Å². The lowest BCUT2D eigenvalue weighted by Crippen LogP contribution is -2.43. The lowest BCUT2D eigenvalue weighted by Gasteiger charge is -2.30. The Morgan fingerprint density at radius 2 is 1.12 bits per heavy atom. The van der Waals surface area contributed by atoms with Gasteiger partial charge in [-0.05, 0) is 24.3 Å². The van der Waals surface area contributed by atoms with Crippen molar-refractivity contribution in [2.24, 2.45) is 0 Å². The average Bonchev–Trinajstić information content (AvgIpc) is 2.59. The van der Waals surface area contributed by atoms with Gasteiger partial charge >= 0.3 is 0 Å². The van der Waals surface area contributed by atoms with E-state index < -0.39 is 23.6 Å². The first-order valence-electron chi connectivity index (χ1n) is 7.36. The zero-order chi connectivity index (χ0) is 17.2. The molecule has 4 rings (SSSR count). The van der Waals surface area contributed by atoms with E-state index in [9.17, 15) is 19.2 Å². The van der Waals surface area contributed by atoms with E-state index in [0.29, 0.717) is 21.9 Å². The molecule has 2 aliphatic heterocycles. The van der Waals surface area contributed by atoms with Crippen molar-refractivity contribution >= 4 is 34.4 Å². The number of benzene rings is 2. The fourth-order valence-electron chi connectivity index (χ4n) is 3.35. The summed E-state index contributed by atoms with van der Waals surface area (Å²) in [6.45, 7) is -0.448. The van der Waals surface area contributed by atoms with Crippen LogP contribution in [-0.4, -0.2) is 58.7 Å². The number of imide groups is 2. The van der Waals surface area contributed by atoms with Gasteiger partial charge in [0.2, 0.25) is 0 Å². The Morgan fingerprint density at radius 1 is 0.750 bits per heavy atom. The van der Waals surface area contributed by atoms with Crippen molar-refractivity contribution < 1.29 is 24.3 Å². The van der Waals surface area contributed by atoms with Crippen LogP contribution in [0.25, 0.3) is 10.8 Å². The average molecular weight is 324 g/mol. The zero-order valence-corrected chi connectivity index (χ0v) is 12.7. The van der Waals surface area contributed by atoms with Crippen molar-refractivity contribution in [2.75, 3.05) is 20.2 Å². The predicted molar refractivity (Wildman–Crippen MR) is 82.8 cm³/mol. The Balaban J connectivity index is 2.11. The van der Waals surface area contributed by atoms with Crippen LogP contribution in [0.15, 0.2) is 24.3 Å². The molecule has 24 heavy (non-hydrogen) atoms. The Kier molecular flexibility index (Phi) is 2.86. The van der Waals surface area contributed by atoms with Crippen LogP contribution in [0.1, 0.15) is 41.4 Å². The maximum atomic E-state index is 12.6. The van der Waals surface area contributed by atoms with Gasteiger partial charge in [0.05, 0.1) is 13.2 Å². The van der Waals surface area contributed by atoms with Crippen LogP contribution >= 0.6 is 0 Å². The second kappa shape index (κ2) is 4.72. The molecule has 120 valence electrons. The fraction of sp³-hybridized carbons (Fsp3) is 0.176. The highest BCUT2D eigenvalue weighted by Gasteiger charge is 2.38. The number of amides is 4. The third kappa shape index (κ3) is 1.59. The number of aliphatic hydroxyl groups excluding tert-OH is 1. The predicted octanol–water partition coefficient (Wildman–Crippen LogP) is 0.654. The number of carbonyl (C=O) groups is 4. The molecule has 0 atom stereocenters. The van der Waals surface area contributed by atoms with Gasteiger partial charge in [-0.3, -0.25) is 29.0 Å². The minimum Gasteiger partial charge on any atom is -0.395 e. The van der Waals surface area contributed by atoms with E-state index in [1.807, 2.05) is 0 Å². The first-order valence-corrected chi connectivity index (χ1v) is 7.36. The molecule has 2 aliphatic rings. The van der Waals surface area contributed by atoms with E-state index in [-0.39, 0.29) is 24.3 Å². The summed E-state index contributed by atoms with van der Waals surface area (Å²) >= 11 is 0. The summed E-state index contributed by atoms with van der Waals surface area (Å²) in [5, 5.41) is 9.78. The first kappa shape index (κ1) is 14.5. The lowest BCUT2D eigenvalue weighted by atomic mass is 9.86. The van der Waals surface area contributed by atoms with Crippen LogP contribution < -0.4 is 0 Å². The molecule has 2 aromatic rings. The zero-order valence-electron chi connectivity index (χ0n) is 12.7. The molecule has 0 saturated heterocycles. The number of β-amino-alcohol motifs (C(OH)–C–C–N with tert-alkyl or cyclic N) is 1. The van der Waals surface area contributed by atoms with Crippen molar-refractivity contribution in [3.63, 3.8) is 0 Å². The number of carbonyl (C=O) groups excluding carboxylic acids is 4. The van der Waals surface area contributed by atoms with Gasteiger partial charge in [0, 0.05) is 40.1 Å². The Bertz CT molecular complexity index is 908. The third-order valence-corrected chi connectivity index (χ3v) is 4.51. The molecule has 7 heteroatoms. The summed E-state index contributed by atoms with van der Waals surface area (Å²) in [6.07, 6.45) is 0. The number of hydrogen-bond acceptors (Lipinski definition) is 5. The fourth-order valence-corrected chi connectivity index (χ4v) is 3.35. The molecule has 0 fully saturated rings.